The highest BCUT2D eigenvalue weighted by molar-refractivity contribution is 6.36. The maximum absolute atomic E-state index is 12.3. The van der Waals surface area contributed by atoms with Crippen LogP contribution in [0.5, 0.6) is 0 Å². The van der Waals surface area contributed by atoms with Gasteiger partial charge in [-0.2, -0.15) is 0 Å². The molecule has 3 nitrogen and oxygen atoms in total. The molecule has 0 bridgehead atoms. The molecule has 2 unspecified atom stereocenters. The van der Waals surface area contributed by atoms with Gasteiger partial charge in [-0.3, -0.25) is 0 Å². The monoisotopic (exact) mass is 300 g/mol. The Balaban J connectivity index is 2.11. The first-order valence-corrected chi connectivity index (χ1v) is 7.29. The number of hydrogen-bond donors (Lipinski definition) is 1. The van der Waals surface area contributed by atoms with Crippen LogP contribution in [0.15, 0.2) is 18.2 Å². The summed E-state index contributed by atoms with van der Waals surface area (Å²) in [7, 11) is 0. The molecule has 2 atom stereocenters. The van der Waals surface area contributed by atoms with Gasteiger partial charge in [0.05, 0.1) is 10.7 Å². The Morgan fingerprint density at radius 1 is 1.26 bits per heavy atom. The number of likely N-dealkylation sites (tertiary alicyclic amines) is 1. The van der Waals surface area contributed by atoms with Crippen molar-refractivity contribution in [1.82, 2.24) is 4.90 Å². The third-order valence-electron chi connectivity index (χ3n) is 3.60. The Hall–Kier alpha value is -0.930. The molecule has 1 N–H and O–H groups in total. The molecule has 1 aliphatic heterocycles. The molecule has 0 spiro atoms. The molecule has 1 aromatic rings. The number of amides is 2. The van der Waals surface area contributed by atoms with E-state index in [-0.39, 0.29) is 18.1 Å². The molecule has 0 saturated carbocycles. The number of hydrogen-bond acceptors (Lipinski definition) is 1. The molecule has 1 fully saturated rings. The van der Waals surface area contributed by atoms with Crippen LogP contribution in [0.4, 0.5) is 10.5 Å². The number of piperidine rings is 1. The lowest BCUT2D eigenvalue weighted by molar-refractivity contribution is 0.133. The number of nitrogens with zero attached hydrogens (tertiary/aromatic N) is 1. The first-order valence-electron chi connectivity index (χ1n) is 6.53. The lowest BCUT2D eigenvalue weighted by Gasteiger charge is -2.38. The van der Waals surface area contributed by atoms with E-state index in [9.17, 15) is 4.79 Å². The zero-order valence-corrected chi connectivity index (χ0v) is 12.6. The third kappa shape index (κ3) is 3.34. The van der Waals surface area contributed by atoms with Crippen molar-refractivity contribution in [1.29, 1.82) is 0 Å². The largest absolute Gasteiger partial charge is 0.322 e. The minimum absolute atomic E-state index is 0.0936. The van der Waals surface area contributed by atoms with Gasteiger partial charge in [-0.25, -0.2) is 4.79 Å². The Bertz CT molecular complexity index is 469. The van der Waals surface area contributed by atoms with Crippen molar-refractivity contribution in [3.8, 4) is 0 Å². The van der Waals surface area contributed by atoms with Gasteiger partial charge in [-0.05, 0) is 51.3 Å². The van der Waals surface area contributed by atoms with Gasteiger partial charge in [0.2, 0.25) is 0 Å². The van der Waals surface area contributed by atoms with Crippen LogP contribution in [0, 0.1) is 0 Å². The lowest BCUT2D eigenvalue weighted by atomic mass is 9.98. The van der Waals surface area contributed by atoms with Crippen LogP contribution in [-0.4, -0.2) is 23.0 Å². The van der Waals surface area contributed by atoms with E-state index >= 15 is 0 Å². The molecule has 1 aliphatic rings. The van der Waals surface area contributed by atoms with Crippen molar-refractivity contribution in [2.45, 2.75) is 45.2 Å². The van der Waals surface area contributed by atoms with Gasteiger partial charge in [-0.1, -0.05) is 23.2 Å². The number of anilines is 1. The molecule has 2 rings (SSSR count). The molecular formula is C14H18Cl2N2O. The van der Waals surface area contributed by atoms with Gasteiger partial charge >= 0.3 is 6.03 Å². The molecule has 0 radical (unpaired) electrons. The number of benzene rings is 1. The predicted octanol–water partition coefficient (Wildman–Crippen LogP) is 4.79. The van der Waals surface area contributed by atoms with Crippen LogP contribution in [0.1, 0.15) is 33.1 Å². The van der Waals surface area contributed by atoms with E-state index in [4.69, 9.17) is 23.2 Å². The summed E-state index contributed by atoms with van der Waals surface area (Å²) in [5.41, 5.74) is 0.598. The fraction of sp³-hybridized carbons (Fsp3) is 0.500. The zero-order chi connectivity index (χ0) is 14.0. The molecule has 5 heteroatoms. The van der Waals surface area contributed by atoms with E-state index in [1.54, 1.807) is 18.2 Å². The summed E-state index contributed by atoms with van der Waals surface area (Å²) in [6.45, 7) is 4.16. The van der Waals surface area contributed by atoms with Crippen LogP contribution in [0.25, 0.3) is 0 Å². The van der Waals surface area contributed by atoms with Crippen LogP contribution in [0.3, 0.4) is 0 Å². The normalized spacial score (nSPS) is 23.3. The van der Waals surface area contributed by atoms with Crippen molar-refractivity contribution < 1.29 is 4.79 Å². The SMILES string of the molecule is CC1CCCC(C)N1C(=O)Nc1ccc(Cl)cc1Cl. The molecule has 1 aromatic carbocycles. The number of rotatable bonds is 1. The van der Waals surface area contributed by atoms with E-state index in [0.717, 1.165) is 12.8 Å². The number of nitrogens with one attached hydrogen (secondary N) is 1. The lowest BCUT2D eigenvalue weighted by Crippen LogP contribution is -2.49. The van der Waals surface area contributed by atoms with E-state index in [1.165, 1.54) is 6.42 Å². The number of halogens is 2. The van der Waals surface area contributed by atoms with Crippen molar-refractivity contribution in [2.24, 2.45) is 0 Å². The Morgan fingerprint density at radius 2 is 1.89 bits per heavy atom. The highest BCUT2D eigenvalue weighted by Crippen LogP contribution is 2.28. The average molecular weight is 301 g/mol. The van der Waals surface area contributed by atoms with Gasteiger partial charge in [0.25, 0.3) is 0 Å². The summed E-state index contributed by atoms with van der Waals surface area (Å²) in [5.74, 6) is 0. The van der Waals surface area contributed by atoms with Gasteiger partial charge in [0.1, 0.15) is 0 Å². The average Bonchev–Trinajstić information content (AvgIpc) is 2.32. The maximum Gasteiger partial charge on any atom is 0.322 e. The standard InChI is InChI=1S/C14H18Cl2N2O/c1-9-4-3-5-10(2)18(9)14(19)17-13-7-6-11(15)8-12(13)16/h6-10H,3-5H2,1-2H3,(H,17,19). The van der Waals surface area contributed by atoms with Crippen LogP contribution < -0.4 is 5.32 Å². The maximum atomic E-state index is 12.3. The number of urea groups is 1. The highest BCUT2D eigenvalue weighted by Gasteiger charge is 2.29. The van der Waals surface area contributed by atoms with Gasteiger partial charge in [0.15, 0.2) is 0 Å². The number of carbonyl (C=O) groups excluding carboxylic acids is 1. The second-order valence-electron chi connectivity index (χ2n) is 5.09. The minimum atomic E-state index is -0.0936. The van der Waals surface area contributed by atoms with E-state index in [2.05, 4.69) is 19.2 Å². The Kier molecular flexibility index (Phi) is 4.58. The summed E-state index contributed by atoms with van der Waals surface area (Å²) in [5, 5.41) is 3.88. The van der Waals surface area contributed by atoms with Crippen molar-refractivity contribution in [3.05, 3.63) is 28.2 Å². The Labute approximate surface area is 123 Å². The van der Waals surface area contributed by atoms with Crippen LogP contribution in [0.2, 0.25) is 10.0 Å². The van der Waals surface area contributed by atoms with E-state index < -0.39 is 0 Å². The second-order valence-corrected chi connectivity index (χ2v) is 5.93. The summed E-state index contributed by atoms with van der Waals surface area (Å²) >= 11 is 11.9. The molecule has 1 heterocycles. The Morgan fingerprint density at radius 3 is 2.47 bits per heavy atom. The first-order chi connectivity index (χ1) is 8.99. The summed E-state index contributed by atoms with van der Waals surface area (Å²) < 4.78 is 0. The van der Waals surface area contributed by atoms with Crippen molar-refractivity contribution >= 4 is 34.9 Å². The van der Waals surface area contributed by atoms with Crippen molar-refractivity contribution in [2.75, 3.05) is 5.32 Å². The molecule has 104 valence electrons. The summed E-state index contributed by atoms with van der Waals surface area (Å²) in [6, 6.07) is 5.49. The summed E-state index contributed by atoms with van der Waals surface area (Å²) in [6.07, 6.45) is 3.27. The molecular weight excluding hydrogens is 283 g/mol. The first kappa shape index (κ1) is 14.5. The summed E-state index contributed by atoms with van der Waals surface area (Å²) in [4.78, 5) is 14.2. The van der Waals surface area contributed by atoms with Gasteiger partial charge in [0, 0.05) is 17.1 Å². The van der Waals surface area contributed by atoms with E-state index in [1.807, 2.05) is 4.90 Å². The fourth-order valence-electron chi connectivity index (χ4n) is 2.59. The molecule has 19 heavy (non-hydrogen) atoms. The number of carbonyl (C=O) groups is 1. The predicted molar refractivity (Wildman–Crippen MR) is 80.1 cm³/mol. The van der Waals surface area contributed by atoms with Gasteiger partial charge < -0.3 is 10.2 Å². The van der Waals surface area contributed by atoms with Gasteiger partial charge in [-0.15, -0.1) is 0 Å². The topological polar surface area (TPSA) is 32.3 Å². The second kappa shape index (κ2) is 6.02. The molecule has 0 aliphatic carbocycles. The molecule has 1 saturated heterocycles. The van der Waals surface area contributed by atoms with Crippen LogP contribution >= 0.6 is 23.2 Å². The zero-order valence-electron chi connectivity index (χ0n) is 11.1. The smallest absolute Gasteiger partial charge is 0.319 e. The van der Waals surface area contributed by atoms with E-state index in [0.29, 0.717) is 15.7 Å². The quantitative estimate of drug-likeness (QED) is 0.794. The molecule has 0 aromatic heterocycles. The van der Waals surface area contributed by atoms with Crippen LogP contribution in [-0.2, 0) is 0 Å². The van der Waals surface area contributed by atoms with Crippen molar-refractivity contribution in [3.63, 3.8) is 0 Å². The fourth-order valence-corrected chi connectivity index (χ4v) is 3.05. The third-order valence-corrected chi connectivity index (χ3v) is 4.15. The minimum Gasteiger partial charge on any atom is -0.319 e. The molecule has 2 amide bonds. The highest BCUT2D eigenvalue weighted by atomic mass is 35.5.